The summed E-state index contributed by atoms with van der Waals surface area (Å²) in [7, 11) is 0. The molecule has 1 amide bonds. The van der Waals surface area contributed by atoms with Crippen molar-refractivity contribution in [3.63, 3.8) is 0 Å². The van der Waals surface area contributed by atoms with E-state index >= 15 is 0 Å². The van der Waals surface area contributed by atoms with E-state index in [4.69, 9.17) is 0 Å². The molecular formula is C11H18N4O. The first kappa shape index (κ1) is 12.6. The third kappa shape index (κ3) is 5.41. The van der Waals surface area contributed by atoms with Gasteiger partial charge in [0, 0.05) is 44.0 Å². The van der Waals surface area contributed by atoms with E-state index in [1.807, 2.05) is 6.92 Å². The first-order valence-corrected chi connectivity index (χ1v) is 5.54. The topological polar surface area (TPSA) is 66.9 Å². The Morgan fingerprint density at radius 3 is 2.75 bits per heavy atom. The fraction of sp³-hybridized carbons (Fsp3) is 0.545. The van der Waals surface area contributed by atoms with E-state index in [0.29, 0.717) is 19.5 Å². The van der Waals surface area contributed by atoms with Gasteiger partial charge in [-0.15, -0.1) is 0 Å². The van der Waals surface area contributed by atoms with Crippen LogP contribution < -0.4 is 10.6 Å². The van der Waals surface area contributed by atoms with Gasteiger partial charge >= 0.3 is 0 Å². The molecule has 0 aromatic carbocycles. The number of rotatable bonds is 7. The van der Waals surface area contributed by atoms with Gasteiger partial charge in [-0.1, -0.05) is 6.92 Å². The van der Waals surface area contributed by atoms with Crippen molar-refractivity contribution in [1.29, 1.82) is 0 Å². The summed E-state index contributed by atoms with van der Waals surface area (Å²) in [4.78, 5) is 19.1. The molecule has 1 rings (SSSR count). The van der Waals surface area contributed by atoms with Crippen LogP contribution in [0.4, 0.5) is 0 Å². The second kappa shape index (κ2) is 7.76. The van der Waals surface area contributed by atoms with Gasteiger partial charge in [0.2, 0.25) is 5.91 Å². The van der Waals surface area contributed by atoms with Crippen molar-refractivity contribution in [3.05, 3.63) is 24.3 Å². The molecule has 0 spiro atoms. The Kier molecular flexibility index (Phi) is 6.10. The lowest BCUT2D eigenvalue weighted by Gasteiger charge is -2.05. The lowest BCUT2D eigenvalue weighted by molar-refractivity contribution is -0.120. The molecule has 0 saturated carbocycles. The van der Waals surface area contributed by atoms with E-state index < -0.39 is 0 Å². The van der Waals surface area contributed by atoms with Crippen LogP contribution in [-0.4, -0.2) is 29.0 Å². The van der Waals surface area contributed by atoms with Crippen LogP contribution in [0.2, 0.25) is 0 Å². The standard InChI is InChI=1S/C11H18N4O/c1-2-4-15-11(16)3-5-12-6-10-7-13-9-14-8-10/h7-9,12H,2-6H2,1H3,(H,15,16). The number of nitrogens with zero attached hydrogens (tertiary/aromatic N) is 2. The van der Waals surface area contributed by atoms with Gasteiger partial charge in [0.15, 0.2) is 0 Å². The van der Waals surface area contributed by atoms with Gasteiger partial charge in [0.1, 0.15) is 6.33 Å². The van der Waals surface area contributed by atoms with Crippen molar-refractivity contribution in [1.82, 2.24) is 20.6 Å². The number of aromatic nitrogens is 2. The van der Waals surface area contributed by atoms with Crippen LogP contribution in [0.15, 0.2) is 18.7 Å². The monoisotopic (exact) mass is 222 g/mol. The summed E-state index contributed by atoms with van der Waals surface area (Å²) in [6.07, 6.45) is 6.50. The van der Waals surface area contributed by atoms with Crippen LogP contribution in [-0.2, 0) is 11.3 Å². The molecule has 0 bridgehead atoms. The Bertz CT molecular complexity index is 302. The first-order chi connectivity index (χ1) is 7.83. The van der Waals surface area contributed by atoms with Crippen molar-refractivity contribution in [3.8, 4) is 0 Å². The molecule has 16 heavy (non-hydrogen) atoms. The molecule has 0 atom stereocenters. The maximum Gasteiger partial charge on any atom is 0.221 e. The second-order valence-electron chi connectivity index (χ2n) is 3.52. The summed E-state index contributed by atoms with van der Waals surface area (Å²) in [6.45, 7) is 4.16. The summed E-state index contributed by atoms with van der Waals surface area (Å²) in [5, 5.41) is 6.00. The van der Waals surface area contributed by atoms with Gasteiger partial charge < -0.3 is 10.6 Å². The molecule has 0 saturated heterocycles. The zero-order valence-corrected chi connectivity index (χ0v) is 9.57. The van der Waals surface area contributed by atoms with Crippen molar-refractivity contribution in [2.24, 2.45) is 0 Å². The fourth-order valence-corrected chi connectivity index (χ4v) is 1.21. The van der Waals surface area contributed by atoms with E-state index in [1.54, 1.807) is 12.4 Å². The molecular weight excluding hydrogens is 204 g/mol. The average molecular weight is 222 g/mol. The molecule has 5 heteroatoms. The molecule has 0 aliphatic carbocycles. The third-order valence-corrected chi connectivity index (χ3v) is 2.04. The van der Waals surface area contributed by atoms with Gasteiger partial charge in [-0.05, 0) is 6.42 Å². The first-order valence-electron chi connectivity index (χ1n) is 5.54. The van der Waals surface area contributed by atoms with Crippen molar-refractivity contribution in [2.75, 3.05) is 13.1 Å². The lowest BCUT2D eigenvalue weighted by atomic mass is 10.3. The van der Waals surface area contributed by atoms with Crippen LogP contribution in [0.1, 0.15) is 25.3 Å². The molecule has 1 aromatic heterocycles. The minimum Gasteiger partial charge on any atom is -0.356 e. The summed E-state index contributed by atoms with van der Waals surface area (Å²) < 4.78 is 0. The normalized spacial score (nSPS) is 10.1. The van der Waals surface area contributed by atoms with E-state index in [1.165, 1.54) is 6.33 Å². The molecule has 0 radical (unpaired) electrons. The highest BCUT2D eigenvalue weighted by molar-refractivity contribution is 5.75. The van der Waals surface area contributed by atoms with Crippen LogP contribution in [0, 0.1) is 0 Å². The molecule has 1 aromatic rings. The molecule has 1 heterocycles. The van der Waals surface area contributed by atoms with Gasteiger partial charge in [0.05, 0.1) is 0 Å². The third-order valence-electron chi connectivity index (χ3n) is 2.04. The highest BCUT2D eigenvalue weighted by Crippen LogP contribution is 1.91. The van der Waals surface area contributed by atoms with Crippen LogP contribution in [0.5, 0.6) is 0 Å². The van der Waals surface area contributed by atoms with E-state index in [-0.39, 0.29) is 5.91 Å². The second-order valence-corrected chi connectivity index (χ2v) is 3.52. The zero-order chi connectivity index (χ0) is 11.6. The van der Waals surface area contributed by atoms with Gasteiger partial charge in [-0.3, -0.25) is 4.79 Å². The van der Waals surface area contributed by atoms with Crippen molar-refractivity contribution < 1.29 is 4.79 Å². The number of amides is 1. The largest absolute Gasteiger partial charge is 0.356 e. The lowest BCUT2D eigenvalue weighted by Crippen LogP contribution is -2.28. The molecule has 5 nitrogen and oxygen atoms in total. The molecule has 0 unspecified atom stereocenters. The Morgan fingerprint density at radius 1 is 1.31 bits per heavy atom. The van der Waals surface area contributed by atoms with Gasteiger partial charge in [-0.25, -0.2) is 9.97 Å². The Hall–Kier alpha value is -1.49. The van der Waals surface area contributed by atoms with E-state index in [9.17, 15) is 4.79 Å². The summed E-state index contributed by atoms with van der Waals surface area (Å²) in [6, 6.07) is 0. The number of hydrogen-bond acceptors (Lipinski definition) is 4. The molecule has 0 fully saturated rings. The highest BCUT2D eigenvalue weighted by atomic mass is 16.1. The summed E-state index contributed by atoms with van der Waals surface area (Å²) in [5.74, 6) is 0.0960. The van der Waals surface area contributed by atoms with Gasteiger partial charge in [0.25, 0.3) is 0 Å². The van der Waals surface area contributed by atoms with Gasteiger partial charge in [-0.2, -0.15) is 0 Å². The smallest absolute Gasteiger partial charge is 0.221 e. The van der Waals surface area contributed by atoms with E-state index in [2.05, 4.69) is 20.6 Å². The zero-order valence-electron chi connectivity index (χ0n) is 9.57. The van der Waals surface area contributed by atoms with Crippen LogP contribution in [0.3, 0.4) is 0 Å². The average Bonchev–Trinajstić information content (AvgIpc) is 2.33. The maximum absolute atomic E-state index is 11.2. The van der Waals surface area contributed by atoms with Crippen LogP contribution >= 0.6 is 0 Å². The quantitative estimate of drug-likeness (QED) is 0.659. The minimum atomic E-state index is 0.0960. The molecule has 88 valence electrons. The number of carbonyl (C=O) groups is 1. The number of hydrogen-bond donors (Lipinski definition) is 2. The Labute approximate surface area is 95.7 Å². The van der Waals surface area contributed by atoms with Crippen molar-refractivity contribution >= 4 is 5.91 Å². The Balaban J connectivity index is 2.06. The molecule has 0 aliphatic heterocycles. The fourth-order valence-electron chi connectivity index (χ4n) is 1.21. The highest BCUT2D eigenvalue weighted by Gasteiger charge is 1.99. The maximum atomic E-state index is 11.2. The summed E-state index contributed by atoms with van der Waals surface area (Å²) in [5.41, 5.74) is 1.02. The SMILES string of the molecule is CCCNC(=O)CCNCc1cncnc1. The Morgan fingerprint density at radius 2 is 2.06 bits per heavy atom. The predicted molar refractivity (Wildman–Crippen MR) is 61.7 cm³/mol. The molecule has 0 aliphatic rings. The summed E-state index contributed by atoms with van der Waals surface area (Å²) >= 11 is 0. The minimum absolute atomic E-state index is 0.0960. The van der Waals surface area contributed by atoms with Crippen molar-refractivity contribution in [2.45, 2.75) is 26.3 Å². The number of carbonyl (C=O) groups excluding carboxylic acids is 1. The predicted octanol–water partition coefficient (Wildman–Crippen LogP) is 0.482. The van der Waals surface area contributed by atoms with Crippen LogP contribution in [0.25, 0.3) is 0 Å². The number of nitrogens with one attached hydrogen (secondary N) is 2. The molecule has 2 N–H and O–H groups in total. The van der Waals surface area contributed by atoms with E-state index in [0.717, 1.165) is 18.5 Å².